The number of hydrogen-bond acceptors (Lipinski definition) is 1. The minimum atomic E-state index is -4.10. The summed E-state index contributed by atoms with van der Waals surface area (Å²) < 4.78 is 36.5. The van der Waals surface area contributed by atoms with E-state index in [1.54, 1.807) is 13.8 Å². The van der Waals surface area contributed by atoms with Gasteiger partial charge < -0.3 is 0 Å². The van der Waals surface area contributed by atoms with Crippen LogP contribution in [0.4, 0.5) is 13.2 Å². The topological polar surface area (TPSA) is 3.24 Å². The molecule has 0 spiro atoms. The van der Waals surface area contributed by atoms with Crippen molar-refractivity contribution in [1.29, 1.82) is 0 Å². The van der Waals surface area contributed by atoms with Gasteiger partial charge in [-0.25, -0.2) is 0 Å². The van der Waals surface area contributed by atoms with Gasteiger partial charge in [-0.15, -0.1) is 0 Å². The Morgan fingerprint density at radius 3 is 2.00 bits per heavy atom. The molecule has 0 aromatic carbocycles. The van der Waals surface area contributed by atoms with Crippen LogP contribution in [-0.4, -0.2) is 35.5 Å². The molecule has 0 saturated carbocycles. The summed E-state index contributed by atoms with van der Waals surface area (Å²) >= 11 is 3.26. The van der Waals surface area contributed by atoms with Crippen LogP contribution in [0, 0.1) is 5.92 Å². The molecule has 0 aromatic heterocycles. The maximum atomic E-state index is 12.2. The summed E-state index contributed by atoms with van der Waals surface area (Å²) in [6, 6.07) is -0.0712. The van der Waals surface area contributed by atoms with E-state index < -0.39 is 12.7 Å². The number of hydrogen-bond donors (Lipinski definition) is 0. The first kappa shape index (κ1) is 14.2. The van der Waals surface area contributed by atoms with Gasteiger partial charge in [0.2, 0.25) is 0 Å². The van der Waals surface area contributed by atoms with E-state index in [4.69, 9.17) is 0 Å². The highest BCUT2D eigenvalue weighted by Crippen LogP contribution is 2.19. The number of rotatable bonds is 5. The highest BCUT2D eigenvalue weighted by molar-refractivity contribution is 9.09. The molecule has 0 aromatic rings. The third-order valence-corrected chi connectivity index (χ3v) is 3.03. The fraction of sp³-hybridized carbons (Fsp3) is 1.00. The molecule has 14 heavy (non-hydrogen) atoms. The van der Waals surface area contributed by atoms with Crippen LogP contribution < -0.4 is 0 Å². The third kappa shape index (κ3) is 6.65. The van der Waals surface area contributed by atoms with Crippen LogP contribution in [0.3, 0.4) is 0 Å². The monoisotopic (exact) mass is 275 g/mol. The number of halogens is 4. The zero-order chi connectivity index (χ0) is 11.4. The molecule has 0 aliphatic heterocycles. The Balaban J connectivity index is 4.16. The minimum Gasteiger partial charge on any atom is -0.292 e. The molecule has 1 atom stereocenters. The highest BCUT2D eigenvalue weighted by Gasteiger charge is 2.32. The molecular formula is C9H17BrF3N. The van der Waals surface area contributed by atoms with Gasteiger partial charge in [-0.1, -0.05) is 22.9 Å². The van der Waals surface area contributed by atoms with Gasteiger partial charge in [0.05, 0.1) is 6.54 Å². The smallest absolute Gasteiger partial charge is 0.292 e. The normalized spacial score (nSPS) is 15.2. The van der Waals surface area contributed by atoms with Crippen molar-refractivity contribution in [2.45, 2.75) is 33.0 Å². The predicted molar refractivity (Wildman–Crippen MR) is 55.7 cm³/mol. The zero-order valence-corrected chi connectivity index (χ0v) is 10.3. The van der Waals surface area contributed by atoms with Crippen LogP contribution >= 0.6 is 15.9 Å². The lowest BCUT2D eigenvalue weighted by atomic mass is 10.2. The maximum Gasteiger partial charge on any atom is 0.401 e. The average molecular weight is 276 g/mol. The largest absolute Gasteiger partial charge is 0.401 e. The van der Waals surface area contributed by atoms with E-state index in [0.717, 1.165) is 5.33 Å². The van der Waals surface area contributed by atoms with Crippen molar-refractivity contribution < 1.29 is 13.2 Å². The van der Waals surface area contributed by atoms with E-state index >= 15 is 0 Å². The summed E-state index contributed by atoms with van der Waals surface area (Å²) in [4.78, 5) is 1.45. The lowest BCUT2D eigenvalue weighted by Crippen LogP contribution is -2.41. The quantitative estimate of drug-likeness (QED) is 0.696. The van der Waals surface area contributed by atoms with Crippen LogP contribution in [0.1, 0.15) is 20.8 Å². The summed E-state index contributed by atoms with van der Waals surface area (Å²) in [5.41, 5.74) is 0. The first-order valence-electron chi connectivity index (χ1n) is 4.63. The highest BCUT2D eigenvalue weighted by atomic mass is 79.9. The van der Waals surface area contributed by atoms with E-state index in [9.17, 15) is 13.2 Å². The number of alkyl halides is 4. The summed E-state index contributed by atoms with van der Waals surface area (Å²) in [6.07, 6.45) is -4.10. The van der Waals surface area contributed by atoms with Crippen LogP contribution in [0.5, 0.6) is 0 Å². The zero-order valence-electron chi connectivity index (χ0n) is 8.74. The van der Waals surface area contributed by atoms with Crippen LogP contribution in [0.25, 0.3) is 0 Å². The van der Waals surface area contributed by atoms with Crippen molar-refractivity contribution >= 4 is 15.9 Å². The molecule has 0 amide bonds. The Morgan fingerprint density at radius 2 is 1.71 bits per heavy atom. The molecule has 0 rings (SSSR count). The SMILES string of the molecule is CC(CBr)CN(CC(F)(F)F)C(C)C. The number of nitrogens with zero attached hydrogens (tertiary/aromatic N) is 1. The summed E-state index contributed by atoms with van der Waals surface area (Å²) in [5.74, 6) is 0.236. The van der Waals surface area contributed by atoms with Crippen LogP contribution in [0.15, 0.2) is 0 Å². The fourth-order valence-corrected chi connectivity index (χ4v) is 1.34. The standard InChI is InChI=1S/C9H17BrF3N/c1-7(2)14(5-8(3)4-10)6-9(11,12)13/h7-8H,4-6H2,1-3H3. The van der Waals surface area contributed by atoms with Gasteiger partial charge >= 0.3 is 6.18 Å². The molecule has 1 unspecified atom stereocenters. The second-order valence-corrected chi connectivity index (χ2v) is 4.55. The third-order valence-electron chi connectivity index (χ3n) is 1.92. The Labute approximate surface area is 91.8 Å². The second kappa shape index (κ2) is 5.95. The van der Waals surface area contributed by atoms with Crippen molar-refractivity contribution in [1.82, 2.24) is 4.90 Å². The van der Waals surface area contributed by atoms with E-state index in [0.29, 0.717) is 6.54 Å². The van der Waals surface area contributed by atoms with Gasteiger partial charge in [-0.05, 0) is 19.8 Å². The lowest BCUT2D eigenvalue weighted by Gasteiger charge is -2.29. The molecule has 0 bridgehead atoms. The van der Waals surface area contributed by atoms with Gasteiger partial charge in [0.1, 0.15) is 0 Å². The molecule has 86 valence electrons. The van der Waals surface area contributed by atoms with Crippen molar-refractivity contribution in [2.24, 2.45) is 5.92 Å². The molecule has 0 saturated heterocycles. The Bertz CT molecular complexity index is 159. The van der Waals surface area contributed by atoms with Gasteiger partial charge in [-0.3, -0.25) is 4.90 Å². The summed E-state index contributed by atoms with van der Waals surface area (Å²) in [5, 5.41) is 0.730. The molecule has 5 heteroatoms. The fourth-order valence-electron chi connectivity index (χ4n) is 1.14. The predicted octanol–water partition coefficient (Wildman–Crippen LogP) is 3.29. The molecule has 0 aliphatic carbocycles. The van der Waals surface area contributed by atoms with Crippen molar-refractivity contribution in [3.63, 3.8) is 0 Å². The average Bonchev–Trinajstić information content (AvgIpc) is 2.00. The molecule has 0 fully saturated rings. The van der Waals surface area contributed by atoms with E-state index in [1.165, 1.54) is 4.90 Å². The first-order valence-corrected chi connectivity index (χ1v) is 5.75. The van der Waals surface area contributed by atoms with Gasteiger partial charge in [-0.2, -0.15) is 13.2 Å². The first-order chi connectivity index (χ1) is 6.26. The van der Waals surface area contributed by atoms with Crippen molar-refractivity contribution in [2.75, 3.05) is 18.4 Å². The Hall–Kier alpha value is 0.230. The molecular weight excluding hydrogens is 259 g/mol. The van der Waals surface area contributed by atoms with Gasteiger partial charge in [0.25, 0.3) is 0 Å². The van der Waals surface area contributed by atoms with E-state index in [2.05, 4.69) is 15.9 Å². The maximum absolute atomic E-state index is 12.2. The second-order valence-electron chi connectivity index (χ2n) is 3.90. The molecule has 1 nitrogen and oxygen atoms in total. The van der Waals surface area contributed by atoms with Gasteiger partial charge in [0.15, 0.2) is 0 Å². The lowest BCUT2D eigenvalue weighted by molar-refractivity contribution is -0.150. The van der Waals surface area contributed by atoms with E-state index in [1.807, 2.05) is 6.92 Å². The van der Waals surface area contributed by atoms with Crippen LogP contribution in [-0.2, 0) is 0 Å². The molecule has 0 N–H and O–H groups in total. The summed E-state index contributed by atoms with van der Waals surface area (Å²) in [7, 11) is 0. The minimum absolute atomic E-state index is 0.0712. The Kier molecular flexibility index (Phi) is 6.05. The van der Waals surface area contributed by atoms with Gasteiger partial charge in [0, 0.05) is 17.9 Å². The molecule has 0 radical (unpaired) electrons. The van der Waals surface area contributed by atoms with E-state index in [-0.39, 0.29) is 12.0 Å². The Morgan fingerprint density at radius 1 is 1.21 bits per heavy atom. The molecule has 0 heterocycles. The summed E-state index contributed by atoms with van der Waals surface area (Å²) in [6.45, 7) is 5.16. The molecule has 0 aliphatic rings. The van der Waals surface area contributed by atoms with Crippen molar-refractivity contribution in [3.05, 3.63) is 0 Å². The van der Waals surface area contributed by atoms with Crippen LogP contribution in [0.2, 0.25) is 0 Å². The van der Waals surface area contributed by atoms with Crippen molar-refractivity contribution in [3.8, 4) is 0 Å².